The highest BCUT2D eigenvalue weighted by molar-refractivity contribution is 7.89. The molecular formula is C20H27N3O3S2. The maximum atomic E-state index is 12.6. The number of nitrogens with zero attached hydrogens (tertiary/aromatic N) is 2. The minimum Gasteiger partial charge on any atom is -0.331 e. The summed E-state index contributed by atoms with van der Waals surface area (Å²) in [5.41, 5.74) is 2.10. The molecule has 3 rings (SSSR count). The van der Waals surface area contributed by atoms with E-state index in [-0.39, 0.29) is 17.0 Å². The summed E-state index contributed by atoms with van der Waals surface area (Å²) in [6, 6.07) is 8.56. The van der Waals surface area contributed by atoms with Gasteiger partial charge in [0, 0.05) is 31.1 Å². The Balaban J connectivity index is 1.65. The lowest BCUT2D eigenvalue weighted by molar-refractivity contribution is 0.189. The summed E-state index contributed by atoms with van der Waals surface area (Å²) >= 11 is 1.75. The number of urea groups is 1. The lowest BCUT2D eigenvalue weighted by Crippen LogP contribution is -2.43. The van der Waals surface area contributed by atoms with E-state index in [1.807, 2.05) is 25.7 Å². The summed E-state index contributed by atoms with van der Waals surface area (Å²) in [5.74, 6) is 0. The van der Waals surface area contributed by atoms with E-state index in [9.17, 15) is 13.2 Å². The summed E-state index contributed by atoms with van der Waals surface area (Å²) in [4.78, 5) is 16.1. The van der Waals surface area contributed by atoms with Crippen molar-refractivity contribution in [1.82, 2.24) is 14.5 Å². The summed E-state index contributed by atoms with van der Waals surface area (Å²) in [6.45, 7) is 7.79. The van der Waals surface area contributed by atoms with E-state index < -0.39 is 10.0 Å². The first-order chi connectivity index (χ1) is 13.4. The van der Waals surface area contributed by atoms with Gasteiger partial charge in [0.25, 0.3) is 0 Å². The highest BCUT2D eigenvalue weighted by atomic mass is 32.2. The molecule has 1 aliphatic heterocycles. The molecule has 1 atom stereocenters. The van der Waals surface area contributed by atoms with Crippen molar-refractivity contribution in [1.29, 1.82) is 0 Å². The fourth-order valence-corrected chi connectivity index (χ4v) is 5.77. The molecule has 2 aromatic rings. The van der Waals surface area contributed by atoms with Crippen LogP contribution in [0.3, 0.4) is 0 Å². The van der Waals surface area contributed by atoms with Crippen LogP contribution in [0, 0.1) is 0 Å². The van der Waals surface area contributed by atoms with Gasteiger partial charge in [-0.25, -0.2) is 13.2 Å². The molecule has 8 heteroatoms. The van der Waals surface area contributed by atoms with Gasteiger partial charge in [-0.2, -0.15) is 4.31 Å². The molecule has 0 fully saturated rings. The molecule has 0 unspecified atom stereocenters. The van der Waals surface area contributed by atoms with Crippen LogP contribution in [0.25, 0.3) is 0 Å². The van der Waals surface area contributed by atoms with Crippen LogP contribution in [0.5, 0.6) is 0 Å². The lowest BCUT2D eigenvalue weighted by Gasteiger charge is -2.28. The number of benzene rings is 1. The van der Waals surface area contributed by atoms with Gasteiger partial charge in [0.2, 0.25) is 10.0 Å². The predicted molar refractivity (Wildman–Crippen MR) is 112 cm³/mol. The van der Waals surface area contributed by atoms with Crippen molar-refractivity contribution in [3.05, 3.63) is 51.7 Å². The Hall–Kier alpha value is -1.90. The van der Waals surface area contributed by atoms with Crippen molar-refractivity contribution in [2.75, 3.05) is 19.6 Å². The number of sulfonamides is 1. The Morgan fingerprint density at radius 3 is 2.54 bits per heavy atom. The number of hydrogen-bond acceptors (Lipinski definition) is 4. The number of amides is 2. The molecule has 0 saturated heterocycles. The number of rotatable bonds is 6. The summed E-state index contributed by atoms with van der Waals surface area (Å²) in [7, 11) is -3.47. The van der Waals surface area contributed by atoms with Crippen LogP contribution in [0.1, 0.15) is 42.8 Å². The molecule has 1 aromatic heterocycles. The van der Waals surface area contributed by atoms with E-state index in [2.05, 4.69) is 16.8 Å². The van der Waals surface area contributed by atoms with E-state index in [0.717, 1.165) is 12.0 Å². The third kappa shape index (κ3) is 4.24. The minimum atomic E-state index is -3.47. The molecule has 1 N–H and O–H groups in total. The second kappa shape index (κ2) is 8.63. The van der Waals surface area contributed by atoms with Crippen LogP contribution in [-0.2, 0) is 23.0 Å². The Labute approximate surface area is 171 Å². The molecule has 2 heterocycles. The van der Waals surface area contributed by atoms with Crippen molar-refractivity contribution in [2.24, 2.45) is 0 Å². The first-order valence-corrected chi connectivity index (χ1v) is 11.9. The maximum Gasteiger partial charge on any atom is 0.318 e. The van der Waals surface area contributed by atoms with E-state index in [4.69, 9.17) is 0 Å². The molecular weight excluding hydrogens is 394 g/mol. The number of fused-ring (bicyclic) bond motifs is 1. The van der Waals surface area contributed by atoms with E-state index in [0.29, 0.717) is 26.2 Å². The van der Waals surface area contributed by atoms with E-state index in [1.165, 1.54) is 14.7 Å². The normalized spacial score (nSPS) is 15.4. The zero-order valence-electron chi connectivity index (χ0n) is 16.5. The third-order valence-electron chi connectivity index (χ3n) is 5.16. The van der Waals surface area contributed by atoms with Crippen LogP contribution in [-0.4, -0.2) is 43.3 Å². The predicted octanol–water partition coefficient (Wildman–Crippen LogP) is 3.61. The summed E-state index contributed by atoms with van der Waals surface area (Å²) < 4.78 is 26.6. The van der Waals surface area contributed by atoms with Gasteiger partial charge in [0.05, 0.1) is 10.9 Å². The standard InChI is InChI=1S/C20H27N3O3S2/c1-4-23(5-2)28(25,26)18-8-6-16(7-9-18)15(3)21-20(24)22-12-10-19-17(14-22)11-13-27-19/h6-9,11,13,15H,4-5,10,12,14H2,1-3H3,(H,21,24)/t15-/m1/s1. The first kappa shape index (κ1) is 20.8. The number of thiophene rings is 1. The monoisotopic (exact) mass is 421 g/mol. The third-order valence-corrected chi connectivity index (χ3v) is 8.25. The number of carbonyl (C=O) groups is 1. The molecule has 1 aromatic carbocycles. The van der Waals surface area contributed by atoms with Crippen molar-refractivity contribution in [3.8, 4) is 0 Å². The van der Waals surface area contributed by atoms with Crippen LogP contribution in [0.15, 0.2) is 40.6 Å². The topological polar surface area (TPSA) is 69.7 Å². The first-order valence-electron chi connectivity index (χ1n) is 9.57. The number of nitrogens with one attached hydrogen (secondary N) is 1. The molecule has 0 bridgehead atoms. The van der Waals surface area contributed by atoms with Gasteiger partial charge in [0.1, 0.15) is 0 Å². The quantitative estimate of drug-likeness (QED) is 0.775. The Kier molecular flexibility index (Phi) is 6.42. The fraction of sp³-hybridized carbons (Fsp3) is 0.450. The molecule has 2 amide bonds. The highest BCUT2D eigenvalue weighted by Crippen LogP contribution is 2.25. The van der Waals surface area contributed by atoms with Gasteiger partial charge in [-0.15, -0.1) is 11.3 Å². The molecule has 6 nitrogen and oxygen atoms in total. The average Bonchev–Trinajstić information content (AvgIpc) is 3.16. The second-order valence-electron chi connectivity index (χ2n) is 6.87. The van der Waals surface area contributed by atoms with Gasteiger partial charge in [-0.05, 0) is 48.1 Å². The Bertz CT molecular complexity index is 918. The molecule has 152 valence electrons. The Morgan fingerprint density at radius 1 is 1.21 bits per heavy atom. The summed E-state index contributed by atoms with van der Waals surface area (Å²) in [5, 5.41) is 5.09. The van der Waals surface area contributed by atoms with Gasteiger partial charge < -0.3 is 10.2 Å². The molecule has 0 spiro atoms. The Morgan fingerprint density at radius 2 is 1.89 bits per heavy atom. The maximum absolute atomic E-state index is 12.6. The van der Waals surface area contributed by atoms with E-state index >= 15 is 0 Å². The van der Waals surface area contributed by atoms with Crippen LogP contribution >= 0.6 is 11.3 Å². The van der Waals surface area contributed by atoms with Crippen LogP contribution < -0.4 is 5.32 Å². The van der Waals surface area contributed by atoms with Gasteiger partial charge in [0.15, 0.2) is 0 Å². The van der Waals surface area contributed by atoms with Crippen molar-refractivity contribution in [3.63, 3.8) is 0 Å². The van der Waals surface area contributed by atoms with Gasteiger partial charge in [-0.1, -0.05) is 26.0 Å². The van der Waals surface area contributed by atoms with Crippen LogP contribution in [0.4, 0.5) is 4.79 Å². The average molecular weight is 422 g/mol. The molecule has 0 aliphatic carbocycles. The lowest BCUT2D eigenvalue weighted by atomic mass is 10.1. The van der Waals surface area contributed by atoms with Crippen molar-refractivity contribution >= 4 is 27.4 Å². The minimum absolute atomic E-state index is 0.0933. The molecule has 0 saturated carbocycles. The fourth-order valence-electron chi connectivity index (χ4n) is 3.42. The second-order valence-corrected chi connectivity index (χ2v) is 9.81. The molecule has 0 radical (unpaired) electrons. The van der Waals surface area contributed by atoms with Gasteiger partial charge in [-0.3, -0.25) is 0 Å². The molecule has 28 heavy (non-hydrogen) atoms. The summed E-state index contributed by atoms with van der Waals surface area (Å²) in [6.07, 6.45) is 0.896. The van der Waals surface area contributed by atoms with Crippen molar-refractivity contribution < 1.29 is 13.2 Å². The molecule has 1 aliphatic rings. The number of carbonyl (C=O) groups excluding carboxylic acids is 1. The largest absolute Gasteiger partial charge is 0.331 e. The zero-order chi connectivity index (χ0) is 20.3. The van der Waals surface area contributed by atoms with Gasteiger partial charge >= 0.3 is 6.03 Å². The zero-order valence-corrected chi connectivity index (χ0v) is 18.1. The highest BCUT2D eigenvalue weighted by Gasteiger charge is 2.24. The van der Waals surface area contributed by atoms with E-state index in [1.54, 1.807) is 35.6 Å². The SMILES string of the molecule is CCN(CC)S(=O)(=O)c1ccc([C@@H](C)NC(=O)N2CCc3sccc3C2)cc1. The van der Waals surface area contributed by atoms with Crippen LogP contribution in [0.2, 0.25) is 0 Å². The number of hydrogen-bond donors (Lipinski definition) is 1. The smallest absolute Gasteiger partial charge is 0.318 e. The van der Waals surface area contributed by atoms with Crippen molar-refractivity contribution in [2.45, 2.75) is 44.7 Å².